The van der Waals surface area contributed by atoms with Crippen LogP contribution in [0.15, 0.2) is 36.0 Å². The molecule has 0 bridgehead atoms. The van der Waals surface area contributed by atoms with Gasteiger partial charge in [0, 0.05) is 6.08 Å². The van der Waals surface area contributed by atoms with E-state index in [2.05, 4.69) is 11.3 Å². The fourth-order valence-corrected chi connectivity index (χ4v) is 1.56. The molecule has 0 aromatic rings. The van der Waals surface area contributed by atoms with Crippen LogP contribution in [0.4, 0.5) is 8.78 Å². The van der Waals surface area contributed by atoms with Crippen LogP contribution < -0.4 is 0 Å². The molecule has 8 heteroatoms. The Bertz CT molecular complexity index is 675. The second-order valence-electron chi connectivity index (χ2n) is 7.66. The molecule has 0 amide bonds. The van der Waals surface area contributed by atoms with Gasteiger partial charge in [-0.1, -0.05) is 60.3 Å². The van der Waals surface area contributed by atoms with Crippen LogP contribution in [0, 0.1) is 10.8 Å². The molecule has 0 atom stereocenters. The zero-order valence-corrected chi connectivity index (χ0v) is 16.2. The third kappa shape index (κ3) is 7.92. The average Bonchev–Trinajstić information content (AvgIpc) is 2.37. The number of ether oxygens (including phenoxy) is 1. The summed E-state index contributed by atoms with van der Waals surface area (Å²) in [6, 6.07) is 0. The normalized spacial score (nSPS) is 14.7. The molecule has 0 N–H and O–H groups in total. The summed E-state index contributed by atoms with van der Waals surface area (Å²) < 4.78 is 61.1. The van der Waals surface area contributed by atoms with Gasteiger partial charge in [0.2, 0.25) is 0 Å². The van der Waals surface area contributed by atoms with E-state index in [0.717, 1.165) is 11.6 Å². The van der Waals surface area contributed by atoms with E-state index in [4.69, 9.17) is 0 Å². The van der Waals surface area contributed by atoms with E-state index in [1.165, 1.54) is 6.08 Å². The number of hydrogen-bond donors (Lipinski definition) is 0. The summed E-state index contributed by atoms with van der Waals surface area (Å²) >= 11 is 0. The number of allylic oxidation sites excluding steroid dienone is 4. The molecule has 0 saturated heterocycles. The third-order valence-electron chi connectivity index (χ3n) is 3.31. The van der Waals surface area contributed by atoms with Gasteiger partial charge in [-0.25, -0.2) is 13.2 Å². The lowest BCUT2D eigenvalue weighted by Gasteiger charge is -2.25. The van der Waals surface area contributed by atoms with Gasteiger partial charge < -0.3 is 9.29 Å². The van der Waals surface area contributed by atoms with Gasteiger partial charge in [0.1, 0.15) is 0 Å². The van der Waals surface area contributed by atoms with E-state index in [1.807, 2.05) is 41.5 Å². The molecule has 0 fully saturated rings. The largest absolute Gasteiger partial charge is 0.743 e. The maximum Gasteiger partial charge on any atom is 0.367 e. The fourth-order valence-electron chi connectivity index (χ4n) is 1.35. The van der Waals surface area contributed by atoms with Gasteiger partial charge in [-0.2, -0.15) is 8.78 Å². The lowest BCUT2D eigenvalue weighted by molar-refractivity contribution is -0.143. The third-order valence-corrected chi connectivity index (χ3v) is 4.16. The Balaban J connectivity index is 5.25. The summed E-state index contributed by atoms with van der Waals surface area (Å²) in [5, 5.41) is -4.67. The van der Waals surface area contributed by atoms with E-state index in [-0.39, 0.29) is 10.8 Å². The molecule has 0 aromatic heterocycles. The van der Waals surface area contributed by atoms with Crippen LogP contribution in [0.2, 0.25) is 0 Å². The Kier molecular flexibility index (Phi) is 7.30. The van der Waals surface area contributed by atoms with Crippen molar-refractivity contribution in [3.05, 3.63) is 36.0 Å². The topological polar surface area (TPSA) is 83.5 Å². The summed E-state index contributed by atoms with van der Waals surface area (Å²) in [5.41, 5.74) is 0.940. The molecule has 0 radical (unpaired) electrons. The van der Waals surface area contributed by atoms with Gasteiger partial charge >= 0.3 is 11.2 Å². The Hall–Kier alpha value is -1.54. The Morgan fingerprint density at radius 2 is 1.56 bits per heavy atom. The SMILES string of the molecule is C=C(/C=C(\C=C\C(=O)OCC(F)(F)S(=O)(=O)[O-])C(C)(C)C)C(C)(C)C. The number of alkyl halides is 2. The van der Waals surface area contributed by atoms with Crippen LogP contribution in [0.5, 0.6) is 0 Å². The van der Waals surface area contributed by atoms with Crippen molar-refractivity contribution in [2.24, 2.45) is 10.8 Å². The molecule has 0 rings (SSSR count). The molecule has 0 aliphatic heterocycles. The molecule has 0 saturated carbocycles. The van der Waals surface area contributed by atoms with Gasteiger partial charge in [-0.15, -0.1) is 0 Å². The molecule has 0 aliphatic carbocycles. The first-order valence-electron chi connectivity index (χ1n) is 7.47. The van der Waals surface area contributed by atoms with Crippen molar-refractivity contribution in [3.8, 4) is 0 Å². The molecule has 25 heavy (non-hydrogen) atoms. The Morgan fingerprint density at radius 3 is 1.92 bits per heavy atom. The fraction of sp³-hybridized carbons (Fsp3) is 0.588. The molecule has 0 spiro atoms. The van der Waals surface area contributed by atoms with Crippen molar-refractivity contribution in [3.63, 3.8) is 0 Å². The van der Waals surface area contributed by atoms with Gasteiger partial charge in [0.05, 0.1) is 0 Å². The van der Waals surface area contributed by atoms with Crippen molar-refractivity contribution in [2.75, 3.05) is 6.61 Å². The van der Waals surface area contributed by atoms with Crippen molar-refractivity contribution >= 4 is 16.1 Å². The van der Waals surface area contributed by atoms with Crippen molar-refractivity contribution < 1.29 is 31.3 Å². The van der Waals surface area contributed by atoms with Crippen molar-refractivity contribution in [2.45, 2.75) is 46.8 Å². The average molecular weight is 379 g/mol. The zero-order valence-electron chi connectivity index (χ0n) is 15.4. The lowest BCUT2D eigenvalue weighted by atomic mass is 9.80. The second-order valence-corrected chi connectivity index (χ2v) is 9.16. The zero-order chi connectivity index (χ0) is 20.3. The van der Waals surface area contributed by atoms with Crippen molar-refractivity contribution in [1.82, 2.24) is 0 Å². The number of halogens is 2. The first-order chi connectivity index (χ1) is 10.9. The molecule has 5 nitrogen and oxygen atoms in total. The highest BCUT2D eigenvalue weighted by atomic mass is 32.2. The molecule has 0 aromatic carbocycles. The smallest absolute Gasteiger partial charge is 0.367 e. The van der Waals surface area contributed by atoms with Gasteiger partial charge in [-0.05, 0) is 22.0 Å². The maximum atomic E-state index is 13.0. The van der Waals surface area contributed by atoms with Crippen LogP contribution in [0.1, 0.15) is 41.5 Å². The monoisotopic (exact) mass is 379 g/mol. The first-order valence-corrected chi connectivity index (χ1v) is 8.88. The predicted molar refractivity (Wildman–Crippen MR) is 90.9 cm³/mol. The minimum absolute atomic E-state index is 0.199. The highest BCUT2D eigenvalue weighted by Crippen LogP contribution is 2.32. The molecule has 144 valence electrons. The van der Waals surface area contributed by atoms with Gasteiger partial charge in [-0.3, -0.25) is 0 Å². The van der Waals surface area contributed by atoms with Crippen LogP contribution in [0.25, 0.3) is 0 Å². The summed E-state index contributed by atoms with van der Waals surface area (Å²) in [7, 11) is -5.89. The number of carbonyl (C=O) groups is 1. The Morgan fingerprint density at radius 1 is 1.08 bits per heavy atom. The van der Waals surface area contributed by atoms with E-state index in [9.17, 15) is 26.5 Å². The standard InChI is InChI=1S/C17H26F2O5S/c1-12(15(2,3)4)10-13(16(5,6)7)8-9-14(20)24-11-17(18,19)25(21,22)23/h8-10H,1,11H2,2-7H3,(H,21,22,23)/p-1/b9-8+,13-10+. The number of carbonyl (C=O) groups excluding carboxylic acids is 1. The summed E-state index contributed by atoms with van der Waals surface area (Å²) in [6.07, 6.45) is 4.09. The number of hydrogen-bond acceptors (Lipinski definition) is 5. The van der Waals surface area contributed by atoms with Crippen LogP contribution >= 0.6 is 0 Å². The number of rotatable bonds is 6. The number of esters is 1. The predicted octanol–water partition coefficient (Wildman–Crippen LogP) is 3.80. The quantitative estimate of drug-likeness (QED) is 0.303. The minimum Gasteiger partial charge on any atom is -0.743 e. The van der Waals surface area contributed by atoms with Crippen LogP contribution in [0.3, 0.4) is 0 Å². The van der Waals surface area contributed by atoms with E-state index < -0.39 is 27.9 Å². The van der Waals surface area contributed by atoms with E-state index in [1.54, 1.807) is 6.08 Å². The summed E-state index contributed by atoms with van der Waals surface area (Å²) in [6.45, 7) is 13.7. The van der Waals surface area contributed by atoms with Crippen LogP contribution in [-0.4, -0.2) is 30.8 Å². The van der Waals surface area contributed by atoms with Crippen molar-refractivity contribution in [1.29, 1.82) is 0 Å². The van der Waals surface area contributed by atoms with E-state index in [0.29, 0.717) is 5.57 Å². The summed E-state index contributed by atoms with van der Waals surface area (Å²) in [5.74, 6) is -1.18. The second kappa shape index (κ2) is 7.78. The molecule has 0 aliphatic rings. The van der Waals surface area contributed by atoms with Gasteiger partial charge in [0.25, 0.3) is 0 Å². The highest BCUT2D eigenvalue weighted by Gasteiger charge is 2.39. The van der Waals surface area contributed by atoms with E-state index >= 15 is 0 Å². The minimum atomic E-state index is -5.89. The molecule has 0 unspecified atom stereocenters. The van der Waals surface area contributed by atoms with Gasteiger partial charge in [0.15, 0.2) is 16.7 Å². The first kappa shape index (κ1) is 23.5. The summed E-state index contributed by atoms with van der Waals surface area (Å²) in [4.78, 5) is 11.5. The highest BCUT2D eigenvalue weighted by molar-refractivity contribution is 7.86. The molecular weight excluding hydrogens is 354 g/mol. The lowest BCUT2D eigenvalue weighted by Crippen LogP contribution is -2.34. The van der Waals surface area contributed by atoms with Crippen LogP contribution in [-0.2, 0) is 19.6 Å². The molecule has 0 heterocycles. The molecular formula is C17H25F2O5S-. The Labute approximate surface area is 148 Å². The maximum absolute atomic E-state index is 13.0.